The van der Waals surface area contributed by atoms with Gasteiger partial charge in [-0.1, -0.05) is 36.6 Å². The van der Waals surface area contributed by atoms with Gasteiger partial charge in [-0.05, 0) is 31.4 Å². The van der Waals surface area contributed by atoms with Gasteiger partial charge in [-0.15, -0.1) is 0 Å². The second kappa shape index (κ2) is 7.88. The molecule has 0 aromatic heterocycles. The molecule has 1 saturated heterocycles. The number of benzene rings is 1. The third-order valence-corrected chi connectivity index (χ3v) is 5.19. The van der Waals surface area contributed by atoms with Crippen LogP contribution in [-0.2, 0) is 0 Å². The minimum atomic E-state index is -0.0568. The van der Waals surface area contributed by atoms with E-state index in [2.05, 4.69) is 5.32 Å². The maximum absolute atomic E-state index is 12.7. The third kappa shape index (κ3) is 4.01. The van der Waals surface area contributed by atoms with Crippen molar-refractivity contribution >= 4 is 23.5 Å². The Hall–Kier alpha value is -1.75. The summed E-state index contributed by atoms with van der Waals surface area (Å²) in [7, 11) is 0. The summed E-state index contributed by atoms with van der Waals surface area (Å²) in [6, 6.07) is 7.44. The van der Waals surface area contributed by atoms with Crippen molar-refractivity contribution in [2.45, 2.75) is 38.1 Å². The highest BCUT2D eigenvalue weighted by atomic mass is 35.5. The van der Waals surface area contributed by atoms with Gasteiger partial charge in [0, 0.05) is 32.2 Å². The van der Waals surface area contributed by atoms with Gasteiger partial charge in [0.15, 0.2) is 0 Å². The van der Waals surface area contributed by atoms with Crippen molar-refractivity contribution in [3.8, 4) is 0 Å². The maximum atomic E-state index is 12.7. The molecular formula is C18H24ClN3O2. The average Bonchev–Trinajstić information content (AvgIpc) is 2.96. The molecule has 1 aromatic rings. The molecule has 1 aromatic carbocycles. The van der Waals surface area contributed by atoms with E-state index in [9.17, 15) is 9.59 Å². The lowest BCUT2D eigenvalue weighted by Crippen LogP contribution is -2.45. The van der Waals surface area contributed by atoms with E-state index in [1.54, 1.807) is 17.0 Å². The number of amides is 3. The molecule has 1 aliphatic heterocycles. The minimum Gasteiger partial charge on any atom is -0.337 e. The normalized spacial score (nSPS) is 19.2. The van der Waals surface area contributed by atoms with Gasteiger partial charge in [-0.3, -0.25) is 4.79 Å². The van der Waals surface area contributed by atoms with Gasteiger partial charge < -0.3 is 15.1 Å². The van der Waals surface area contributed by atoms with Crippen LogP contribution in [0.2, 0.25) is 5.02 Å². The molecule has 1 heterocycles. The van der Waals surface area contributed by atoms with Crippen LogP contribution in [-0.4, -0.2) is 54.0 Å². The Bertz CT molecular complexity index is 602. The van der Waals surface area contributed by atoms with Crippen LogP contribution in [0.15, 0.2) is 24.3 Å². The van der Waals surface area contributed by atoms with Crippen LogP contribution in [0.25, 0.3) is 0 Å². The van der Waals surface area contributed by atoms with Gasteiger partial charge in [0.05, 0.1) is 10.6 Å². The summed E-state index contributed by atoms with van der Waals surface area (Å²) in [5, 5.41) is 3.60. The molecule has 0 bridgehead atoms. The molecule has 3 rings (SSSR count). The summed E-state index contributed by atoms with van der Waals surface area (Å²) in [5.41, 5.74) is 0.531. The zero-order valence-corrected chi connectivity index (χ0v) is 14.6. The van der Waals surface area contributed by atoms with Gasteiger partial charge in [-0.2, -0.15) is 0 Å². The standard InChI is InChI=1S/C18H24ClN3O2/c19-16-9-4-3-8-15(16)17(23)21-10-5-11-22(13-12-21)18(24)20-14-6-1-2-7-14/h3-4,8-9,14H,1-2,5-7,10-13H2,(H,20,24). The molecule has 2 aliphatic rings. The van der Waals surface area contributed by atoms with E-state index in [-0.39, 0.29) is 11.9 Å². The van der Waals surface area contributed by atoms with Crippen molar-refractivity contribution in [1.82, 2.24) is 15.1 Å². The molecule has 1 aliphatic carbocycles. The highest BCUT2D eigenvalue weighted by molar-refractivity contribution is 6.33. The Morgan fingerprint density at radius 2 is 1.62 bits per heavy atom. The first kappa shape index (κ1) is 17.1. The quantitative estimate of drug-likeness (QED) is 0.891. The fourth-order valence-corrected chi connectivity index (χ4v) is 3.68. The van der Waals surface area contributed by atoms with Crippen molar-refractivity contribution in [1.29, 1.82) is 0 Å². The van der Waals surface area contributed by atoms with Gasteiger partial charge in [-0.25, -0.2) is 4.79 Å². The molecule has 5 nitrogen and oxygen atoms in total. The molecule has 2 fully saturated rings. The Kier molecular flexibility index (Phi) is 5.61. The van der Waals surface area contributed by atoms with Gasteiger partial charge in [0.2, 0.25) is 0 Å². The first-order chi connectivity index (χ1) is 11.6. The number of rotatable bonds is 2. The molecule has 6 heteroatoms. The van der Waals surface area contributed by atoms with Crippen LogP contribution in [0.3, 0.4) is 0 Å². The number of urea groups is 1. The summed E-state index contributed by atoms with van der Waals surface area (Å²) in [6.07, 6.45) is 5.35. The first-order valence-corrected chi connectivity index (χ1v) is 9.12. The topological polar surface area (TPSA) is 52.7 Å². The summed E-state index contributed by atoms with van der Waals surface area (Å²) in [4.78, 5) is 28.7. The predicted molar refractivity (Wildman–Crippen MR) is 94.3 cm³/mol. The minimum absolute atomic E-state index is 0.00828. The maximum Gasteiger partial charge on any atom is 0.317 e. The lowest BCUT2D eigenvalue weighted by atomic mass is 10.2. The van der Waals surface area contributed by atoms with Crippen LogP contribution in [0.1, 0.15) is 42.5 Å². The number of hydrogen-bond donors (Lipinski definition) is 1. The summed E-state index contributed by atoms with van der Waals surface area (Å²) >= 11 is 6.13. The van der Waals surface area contributed by atoms with Gasteiger partial charge >= 0.3 is 6.03 Å². The third-order valence-electron chi connectivity index (χ3n) is 4.86. The van der Waals surface area contributed by atoms with Crippen molar-refractivity contribution in [2.24, 2.45) is 0 Å². The van der Waals surface area contributed by atoms with Crippen LogP contribution >= 0.6 is 11.6 Å². The number of nitrogens with one attached hydrogen (secondary N) is 1. The predicted octanol–water partition coefficient (Wildman–Crippen LogP) is 3.14. The Balaban J connectivity index is 1.57. The van der Waals surface area contributed by atoms with E-state index in [4.69, 9.17) is 11.6 Å². The van der Waals surface area contributed by atoms with Gasteiger partial charge in [0.1, 0.15) is 0 Å². The van der Waals surface area contributed by atoms with Crippen LogP contribution in [0.5, 0.6) is 0 Å². The summed E-state index contributed by atoms with van der Waals surface area (Å²) in [5.74, 6) is -0.0568. The Morgan fingerprint density at radius 1 is 0.958 bits per heavy atom. The van der Waals surface area contributed by atoms with Crippen LogP contribution < -0.4 is 5.32 Å². The number of carbonyl (C=O) groups excluding carboxylic acids is 2. The number of nitrogens with zero attached hydrogens (tertiary/aromatic N) is 2. The van der Waals surface area contributed by atoms with Crippen LogP contribution in [0.4, 0.5) is 4.79 Å². The first-order valence-electron chi connectivity index (χ1n) is 8.74. The van der Waals surface area contributed by atoms with E-state index in [0.717, 1.165) is 19.3 Å². The second-order valence-electron chi connectivity index (χ2n) is 6.54. The average molecular weight is 350 g/mol. The molecule has 3 amide bonds. The van der Waals surface area contributed by atoms with E-state index >= 15 is 0 Å². The van der Waals surface area contributed by atoms with E-state index < -0.39 is 0 Å². The molecule has 1 N–H and O–H groups in total. The zero-order chi connectivity index (χ0) is 16.9. The molecule has 0 spiro atoms. The monoisotopic (exact) mass is 349 g/mol. The lowest BCUT2D eigenvalue weighted by Gasteiger charge is -2.24. The summed E-state index contributed by atoms with van der Waals surface area (Å²) < 4.78 is 0. The van der Waals surface area contributed by atoms with E-state index in [1.807, 2.05) is 17.0 Å². The number of hydrogen-bond acceptors (Lipinski definition) is 2. The largest absolute Gasteiger partial charge is 0.337 e. The molecular weight excluding hydrogens is 326 g/mol. The fraction of sp³-hybridized carbons (Fsp3) is 0.556. The Morgan fingerprint density at radius 3 is 2.38 bits per heavy atom. The lowest BCUT2D eigenvalue weighted by molar-refractivity contribution is 0.0762. The molecule has 0 radical (unpaired) electrons. The molecule has 0 atom stereocenters. The van der Waals surface area contributed by atoms with Crippen molar-refractivity contribution in [3.05, 3.63) is 34.9 Å². The molecule has 1 saturated carbocycles. The van der Waals surface area contributed by atoms with E-state index in [1.165, 1.54) is 12.8 Å². The number of carbonyl (C=O) groups is 2. The summed E-state index contributed by atoms with van der Waals surface area (Å²) in [6.45, 7) is 2.44. The van der Waals surface area contributed by atoms with Gasteiger partial charge in [0.25, 0.3) is 5.91 Å². The van der Waals surface area contributed by atoms with Crippen LogP contribution in [0, 0.1) is 0 Å². The fourth-order valence-electron chi connectivity index (χ4n) is 3.46. The Labute approximate surface area is 147 Å². The highest BCUT2D eigenvalue weighted by Crippen LogP contribution is 2.19. The number of halogens is 1. The van der Waals surface area contributed by atoms with Crippen molar-refractivity contribution in [3.63, 3.8) is 0 Å². The SMILES string of the molecule is O=C(NC1CCCC1)N1CCCN(C(=O)c2ccccc2Cl)CC1. The highest BCUT2D eigenvalue weighted by Gasteiger charge is 2.25. The smallest absolute Gasteiger partial charge is 0.317 e. The zero-order valence-electron chi connectivity index (χ0n) is 13.8. The van der Waals surface area contributed by atoms with Crippen molar-refractivity contribution in [2.75, 3.05) is 26.2 Å². The molecule has 130 valence electrons. The molecule has 24 heavy (non-hydrogen) atoms. The molecule has 0 unspecified atom stereocenters. The van der Waals surface area contributed by atoms with E-state index in [0.29, 0.717) is 42.8 Å². The van der Waals surface area contributed by atoms with Crippen molar-refractivity contribution < 1.29 is 9.59 Å². The second-order valence-corrected chi connectivity index (χ2v) is 6.95.